The van der Waals surface area contributed by atoms with Gasteiger partial charge in [0.15, 0.2) is 5.78 Å². The molecule has 0 unspecified atom stereocenters. The molecular weight excluding hydrogens is 235 g/mol. The third-order valence-electron chi connectivity index (χ3n) is 1.81. The fraction of sp³-hybridized carbons (Fsp3) is 0.300. The highest BCUT2D eigenvalue weighted by molar-refractivity contribution is 9.09. The third-order valence-corrected chi connectivity index (χ3v) is 2.21. The molecule has 1 aromatic carbocycles. The number of hydrogen-bond donors (Lipinski definition) is 0. The lowest BCUT2D eigenvalue weighted by Crippen LogP contribution is -2.02. The van der Waals surface area contributed by atoms with E-state index in [9.17, 15) is 9.18 Å². The quantitative estimate of drug-likeness (QED) is 0.590. The summed E-state index contributed by atoms with van der Waals surface area (Å²) in [5.41, 5.74) is 1.31. The molecule has 0 atom stereocenters. The van der Waals surface area contributed by atoms with Crippen LogP contribution in [0.1, 0.15) is 22.3 Å². The van der Waals surface area contributed by atoms with Crippen LogP contribution in [0.3, 0.4) is 0 Å². The fourth-order valence-electron chi connectivity index (χ4n) is 1.16. The Labute approximate surface area is 85.1 Å². The molecule has 70 valence electrons. The van der Waals surface area contributed by atoms with Crippen LogP contribution in [0.15, 0.2) is 18.2 Å². The molecule has 0 saturated carbocycles. The Morgan fingerprint density at radius 1 is 1.54 bits per heavy atom. The van der Waals surface area contributed by atoms with Gasteiger partial charge in [0.1, 0.15) is 5.82 Å². The monoisotopic (exact) mass is 244 g/mol. The van der Waals surface area contributed by atoms with E-state index in [1.165, 1.54) is 18.2 Å². The van der Waals surface area contributed by atoms with Crippen molar-refractivity contribution in [3.8, 4) is 0 Å². The van der Waals surface area contributed by atoms with Gasteiger partial charge in [0.05, 0.1) is 0 Å². The Morgan fingerprint density at radius 3 is 2.77 bits per heavy atom. The summed E-state index contributed by atoms with van der Waals surface area (Å²) in [6, 6.07) is 4.23. The molecule has 0 aliphatic heterocycles. The van der Waals surface area contributed by atoms with Crippen molar-refractivity contribution in [2.75, 3.05) is 5.33 Å². The molecule has 0 spiro atoms. The summed E-state index contributed by atoms with van der Waals surface area (Å²) in [5.74, 6) is -0.248. The maximum absolute atomic E-state index is 12.7. The first-order chi connectivity index (χ1) is 6.15. The molecule has 0 saturated heterocycles. The van der Waals surface area contributed by atoms with Crippen LogP contribution in [-0.4, -0.2) is 11.1 Å². The summed E-state index contributed by atoms with van der Waals surface area (Å²) in [6.45, 7) is 1.74. The Balaban J connectivity index is 2.95. The van der Waals surface area contributed by atoms with Crippen LogP contribution in [-0.2, 0) is 0 Å². The smallest absolute Gasteiger partial charge is 0.163 e. The first kappa shape index (κ1) is 10.4. The second-order valence-electron chi connectivity index (χ2n) is 2.82. The predicted molar refractivity (Wildman–Crippen MR) is 53.9 cm³/mol. The molecule has 0 amide bonds. The Kier molecular flexibility index (Phi) is 3.60. The first-order valence-corrected chi connectivity index (χ1v) is 5.12. The van der Waals surface area contributed by atoms with Crippen LogP contribution in [0.25, 0.3) is 0 Å². The highest BCUT2D eigenvalue weighted by atomic mass is 79.9. The second kappa shape index (κ2) is 4.51. The minimum Gasteiger partial charge on any atom is -0.294 e. The van der Waals surface area contributed by atoms with Crippen molar-refractivity contribution in [1.29, 1.82) is 0 Å². The van der Waals surface area contributed by atoms with Crippen molar-refractivity contribution in [2.24, 2.45) is 0 Å². The molecule has 0 radical (unpaired) electrons. The van der Waals surface area contributed by atoms with Gasteiger partial charge in [0.2, 0.25) is 0 Å². The summed E-state index contributed by atoms with van der Waals surface area (Å²) in [5, 5.41) is 0.642. The Hall–Kier alpha value is -0.700. The zero-order chi connectivity index (χ0) is 9.84. The molecule has 1 aromatic rings. The molecule has 0 aliphatic carbocycles. The largest absolute Gasteiger partial charge is 0.294 e. The Morgan fingerprint density at radius 2 is 2.23 bits per heavy atom. The lowest BCUT2D eigenvalue weighted by atomic mass is 10.0. The van der Waals surface area contributed by atoms with Crippen molar-refractivity contribution in [2.45, 2.75) is 13.3 Å². The number of Topliss-reactive ketones (excluding diaryl/α,β-unsaturated/α-hetero) is 1. The third kappa shape index (κ3) is 2.62. The Bertz CT molecular complexity index is 323. The standard InChI is InChI=1S/C10H10BrFO/c1-7-6-8(12)2-3-9(7)10(13)4-5-11/h2-3,6H,4-5H2,1H3. The van der Waals surface area contributed by atoms with Crippen molar-refractivity contribution in [3.05, 3.63) is 35.1 Å². The molecule has 0 fully saturated rings. The van der Waals surface area contributed by atoms with Crippen molar-refractivity contribution >= 4 is 21.7 Å². The zero-order valence-corrected chi connectivity index (χ0v) is 8.90. The normalized spacial score (nSPS) is 10.1. The van der Waals surface area contributed by atoms with E-state index in [-0.39, 0.29) is 11.6 Å². The van der Waals surface area contributed by atoms with Crippen molar-refractivity contribution < 1.29 is 9.18 Å². The molecule has 0 N–H and O–H groups in total. The number of halogens is 2. The molecule has 13 heavy (non-hydrogen) atoms. The maximum atomic E-state index is 12.7. The van der Waals surface area contributed by atoms with Crippen molar-refractivity contribution in [3.63, 3.8) is 0 Å². The van der Waals surface area contributed by atoms with Crippen LogP contribution in [0.4, 0.5) is 4.39 Å². The van der Waals surface area contributed by atoms with Gasteiger partial charge >= 0.3 is 0 Å². The van der Waals surface area contributed by atoms with Gasteiger partial charge in [0, 0.05) is 17.3 Å². The molecule has 1 rings (SSSR count). The van der Waals surface area contributed by atoms with E-state index >= 15 is 0 Å². The topological polar surface area (TPSA) is 17.1 Å². The van der Waals surface area contributed by atoms with Crippen LogP contribution in [0.5, 0.6) is 0 Å². The summed E-state index contributed by atoms with van der Waals surface area (Å²) < 4.78 is 12.7. The SMILES string of the molecule is Cc1cc(F)ccc1C(=O)CCBr. The lowest BCUT2D eigenvalue weighted by molar-refractivity contribution is 0.0989. The summed E-state index contributed by atoms with van der Waals surface area (Å²) in [4.78, 5) is 11.4. The molecule has 1 nitrogen and oxygen atoms in total. The molecule has 0 aliphatic rings. The number of carbonyl (C=O) groups is 1. The van der Waals surface area contributed by atoms with Gasteiger partial charge in [0.25, 0.3) is 0 Å². The van der Waals surface area contributed by atoms with E-state index in [1.54, 1.807) is 6.92 Å². The highest BCUT2D eigenvalue weighted by Gasteiger charge is 2.08. The minimum atomic E-state index is -0.298. The molecule has 0 heterocycles. The number of hydrogen-bond acceptors (Lipinski definition) is 1. The van der Waals surface area contributed by atoms with Gasteiger partial charge < -0.3 is 0 Å². The van der Waals surface area contributed by atoms with E-state index in [4.69, 9.17) is 0 Å². The zero-order valence-electron chi connectivity index (χ0n) is 7.31. The van der Waals surface area contributed by atoms with Gasteiger partial charge in [-0.3, -0.25) is 4.79 Å². The highest BCUT2D eigenvalue weighted by Crippen LogP contribution is 2.12. The minimum absolute atomic E-state index is 0.0503. The van der Waals surface area contributed by atoms with E-state index in [1.807, 2.05) is 0 Å². The van der Waals surface area contributed by atoms with Gasteiger partial charge in [-0.15, -0.1) is 0 Å². The number of rotatable bonds is 3. The van der Waals surface area contributed by atoms with Crippen LogP contribution in [0.2, 0.25) is 0 Å². The number of benzene rings is 1. The van der Waals surface area contributed by atoms with E-state index in [2.05, 4.69) is 15.9 Å². The maximum Gasteiger partial charge on any atom is 0.163 e. The molecule has 3 heteroatoms. The van der Waals surface area contributed by atoms with Gasteiger partial charge in [-0.25, -0.2) is 4.39 Å². The van der Waals surface area contributed by atoms with Crippen LogP contribution in [0, 0.1) is 12.7 Å². The summed E-state index contributed by atoms with van der Waals surface area (Å²) >= 11 is 3.19. The number of carbonyl (C=O) groups excluding carboxylic acids is 1. The van der Waals surface area contributed by atoms with E-state index in [0.29, 0.717) is 22.9 Å². The molecular formula is C10H10BrFO. The summed E-state index contributed by atoms with van der Waals surface area (Å²) in [7, 11) is 0. The van der Waals surface area contributed by atoms with E-state index in [0.717, 1.165) is 0 Å². The number of ketones is 1. The average molecular weight is 245 g/mol. The van der Waals surface area contributed by atoms with Gasteiger partial charge in [-0.05, 0) is 30.7 Å². The van der Waals surface area contributed by atoms with Crippen molar-refractivity contribution in [1.82, 2.24) is 0 Å². The number of alkyl halides is 1. The first-order valence-electron chi connectivity index (χ1n) is 4.00. The van der Waals surface area contributed by atoms with Gasteiger partial charge in [-0.2, -0.15) is 0 Å². The van der Waals surface area contributed by atoms with Gasteiger partial charge in [-0.1, -0.05) is 15.9 Å². The van der Waals surface area contributed by atoms with E-state index < -0.39 is 0 Å². The predicted octanol–water partition coefficient (Wildman–Crippen LogP) is 3.10. The summed E-state index contributed by atoms with van der Waals surface area (Å²) in [6.07, 6.45) is 0.451. The molecule has 0 aromatic heterocycles. The number of aryl methyl sites for hydroxylation is 1. The second-order valence-corrected chi connectivity index (χ2v) is 3.61. The lowest BCUT2D eigenvalue weighted by Gasteiger charge is -2.02. The van der Waals surface area contributed by atoms with Crippen LogP contribution < -0.4 is 0 Å². The fourth-order valence-corrected chi connectivity index (χ4v) is 1.52. The average Bonchev–Trinajstić information content (AvgIpc) is 2.04. The van der Waals surface area contributed by atoms with Crippen LogP contribution >= 0.6 is 15.9 Å². The molecule has 0 bridgehead atoms.